The highest BCUT2D eigenvalue weighted by Crippen LogP contribution is 2.29. The summed E-state index contributed by atoms with van der Waals surface area (Å²) in [6.07, 6.45) is 2.21. The molecule has 0 spiro atoms. The van der Waals surface area contributed by atoms with E-state index in [0.717, 1.165) is 39.0 Å². The number of hydrogen-bond acceptors (Lipinski definition) is 3. The Bertz CT molecular complexity index is 234. The Balaban J connectivity index is 2.35. The average Bonchev–Trinajstić information content (AvgIpc) is 2.31. The van der Waals surface area contributed by atoms with Crippen LogP contribution in [-0.2, 0) is 4.79 Å². The Morgan fingerprint density at radius 3 is 2.44 bits per heavy atom. The van der Waals surface area contributed by atoms with E-state index in [-0.39, 0.29) is 11.3 Å². The van der Waals surface area contributed by atoms with Crippen LogP contribution in [0.5, 0.6) is 0 Å². The van der Waals surface area contributed by atoms with Gasteiger partial charge in [0.1, 0.15) is 0 Å². The summed E-state index contributed by atoms with van der Waals surface area (Å²) in [6, 6.07) is 0. The predicted molar refractivity (Wildman–Crippen MR) is 66.1 cm³/mol. The van der Waals surface area contributed by atoms with Crippen LogP contribution in [0.4, 0.5) is 0 Å². The maximum Gasteiger partial charge on any atom is 0.236 e. The van der Waals surface area contributed by atoms with Gasteiger partial charge in [0.05, 0.1) is 6.54 Å². The van der Waals surface area contributed by atoms with E-state index >= 15 is 0 Å². The Morgan fingerprint density at radius 2 is 2.00 bits per heavy atom. The molecule has 16 heavy (non-hydrogen) atoms. The molecule has 94 valence electrons. The first-order valence-electron chi connectivity index (χ1n) is 6.17. The summed E-state index contributed by atoms with van der Waals surface area (Å²) >= 11 is 0. The smallest absolute Gasteiger partial charge is 0.236 e. The van der Waals surface area contributed by atoms with Crippen LogP contribution in [0.1, 0.15) is 26.7 Å². The topological polar surface area (TPSA) is 49.6 Å². The third kappa shape index (κ3) is 3.46. The molecule has 0 saturated carbocycles. The molecule has 0 aromatic rings. The van der Waals surface area contributed by atoms with Gasteiger partial charge < -0.3 is 10.6 Å². The quantitative estimate of drug-likeness (QED) is 0.762. The average molecular weight is 227 g/mol. The lowest BCUT2D eigenvalue weighted by molar-refractivity contribution is -0.131. The Labute approximate surface area is 98.8 Å². The number of piperidine rings is 1. The molecule has 4 heteroatoms. The van der Waals surface area contributed by atoms with Gasteiger partial charge in [0.2, 0.25) is 5.91 Å². The number of rotatable bonds is 4. The number of carbonyl (C=O) groups excluding carboxylic acids is 1. The van der Waals surface area contributed by atoms with Gasteiger partial charge in [0.15, 0.2) is 0 Å². The molecule has 2 N–H and O–H groups in total. The van der Waals surface area contributed by atoms with Crippen molar-refractivity contribution in [3.05, 3.63) is 0 Å². The van der Waals surface area contributed by atoms with E-state index in [4.69, 9.17) is 5.73 Å². The highest BCUT2D eigenvalue weighted by Gasteiger charge is 2.29. The summed E-state index contributed by atoms with van der Waals surface area (Å²) in [4.78, 5) is 15.7. The highest BCUT2D eigenvalue weighted by molar-refractivity contribution is 5.77. The molecule has 0 atom stereocenters. The summed E-state index contributed by atoms with van der Waals surface area (Å²) in [5.41, 5.74) is 6.05. The zero-order chi connectivity index (χ0) is 12.2. The van der Waals surface area contributed by atoms with Crippen LogP contribution >= 0.6 is 0 Å². The van der Waals surface area contributed by atoms with Crippen molar-refractivity contribution in [1.82, 2.24) is 9.80 Å². The van der Waals surface area contributed by atoms with Crippen LogP contribution in [0.3, 0.4) is 0 Å². The van der Waals surface area contributed by atoms with Crippen molar-refractivity contribution >= 4 is 5.91 Å². The number of nitrogens with zero attached hydrogens (tertiary/aromatic N) is 2. The van der Waals surface area contributed by atoms with E-state index in [2.05, 4.69) is 11.8 Å². The van der Waals surface area contributed by atoms with E-state index in [9.17, 15) is 4.79 Å². The Kier molecular flexibility index (Phi) is 4.74. The van der Waals surface area contributed by atoms with Crippen LogP contribution in [0.15, 0.2) is 0 Å². The van der Waals surface area contributed by atoms with Crippen molar-refractivity contribution in [2.24, 2.45) is 11.1 Å². The van der Waals surface area contributed by atoms with Crippen molar-refractivity contribution in [2.75, 3.05) is 39.8 Å². The molecule has 1 fully saturated rings. The van der Waals surface area contributed by atoms with Crippen LogP contribution in [0.25, 0.3) is 0 Å². The first-order chi connectivity index (χ1) is 7.50. The fourth-order valence-electron chi connectivity index (χ4n) is 1.94. The van der Waals surface area contributed by atoms with Crippen LogP contribution in [0.2, 0.25) is 0 Å². The first-order valence-corrected chi connectivity index (χ1v) is 6.17. The Hall–Kier alpha value is -0.610. The van der Waals surface area contributed by atoms with Crippen molar-refractivity contribution in [1.29, 1.82) is 0 Å². The number of nitrogens with two attached hydrogens (primary N) is 1. The maximum absolute atomic E-state index is 11.7. The van der Waals surface area contributed by atoms with Gasteiger partial charge in [0.25, 0.3) is 0 Å². The third-order valence-corrected chi connectivity index (χ3v) is 3.81. The molecule has 0 bridgehead atoms. The van der Waals surface area contributed by atoms with E-state index in [1.54, 1.807) is 4.90 Å². The van der Waals surface area contributed by atoms with Gasteiger partial charge >= 0.3 is 0 Å². The molecule has 1 aliphatic heterocycles. The molecule has 1 heterocycles. The van der Waals surface area contributed by atoms with Gasteiger partial charge in [-0.3, -0.25) is 9.69 Å². The molecule has 0 radical (unpaired) electrons. The third-order valence-electron chi connectivity index (χ3n) is 3.81. The molecule has 4 nitrogen and oxygen atoms in total. The first kappa shape index (κ1) is 13.5. The summed E-state index contributed by atoms with van der Waals surface area (Å²) in [6.45, 7) is 8.33. The van der Waals surface area contributed by atoms with E-state index in [1.165, 1.54) is 0 Å². The van der Waals surface area contributed by atoms with Crippen LogP contribution < -0.4 is 5.73 Å². The number of likely N-dealkylation sites (N-methyl/N-ethyl adjacent to an activating group) is 1. The lowest BCUT2D eigenvalue weighted by Gasteiger charge is -2.38. The minimum atomic E-state index is 0.221. The number of amides is 1. The second-order valence-electron chi connectivity index (χ2n) is 5.20. The fourth-order valence-corrected chi connectivity index (χ4v) is 1.94. The van der Waals surface area contributed by atoms with Crippen molar-refractivity contribution in [3.8, 4) is 0 Å². The SMILES string of the molecule is CCN(C)C(=O)CN1CCC(C)(CN)CC1. The summed E-state index contributed by atoms with van der Waals surface area (Å²) < 4.78 is 0. The second-order valence-corrected chi connectivity index (χ2v) is 5.20. The molecular formula is C12H25N3O. The molecule has 0 aromatic heterocycles. The molecule has 1 saturated heterocycles. The summed E-state index contributed by atoms with van der Waals surface area (Å²) in [5.74, 6) is 0.221. The molecule has 0 aliphatic carbocycles. The summed E-state index contributed by atoms with van der Waals surface area (Å²) in [7, 11) is 1.86. The highest BCUT2D eigenvalue weighted by atomic mass is 16.2. The van der Waals surface area contributed by atoms with E-state index in [1.807, 2.05) is 14.0 Å². The second kappa shape index (κ2) is 5.64. The van der Waals surface area contributed by atoms with Gasteiger partial charge in [-0.1, -0.05) is 6.92 Å². The number of carbonyl (C=O) groups is 1. The molecule has 0 unspecified atom stereocenters. The lowest BCUT2D eigenvalue weighted by atomic mass is 9.80. The van der Waals surface area contributed by atoms with Gasteiger partial charge in [-0.25, -0.2) is 0 Å². The van der Waals surface area contributed by atoms with Crippen LogP contribution in [-0.4, -0.2) is 55.5 Å². The standard InChI is InChI=1S/C12H25N3O/c1-4-14(3)11(16)9-15-7-5-12(2,10-13)6-8-15/h4-10,13H2,1-3H3. The largest absolute Gasteiger partial charge is 0.345 e. The molecule has 0 aromatic carbocycles. The van der Waals surface area contributed by atoms with Crippen molar-refractivity contribution in [3.63, 3.8) is 0 Å². The van der Waals surface area contributed by atoms with E-state index in [0.29, 0.717) is 6.54 Å². The van der Waals surface area contributed by atoms with Crippen LogP contribution in [0, 0.1) is 5.41 Å². The monoisotopic (exact) mass is 227 g/mol. The maximum atomic E-state index is 11.7. The molecule has 1 aliphatic rings. The van der Waals surface area contributed by atoms with E-state index < -0.39 is 0 Å². The fraction of sp³-hybridized carbons (Fsp3) is 0.917. The normalized spacial score (nSPS) is 20.8. The summed E-state index contributed by atoms with van der Waals surface area (Å²) in [5, 5.41) is 0. The number of likely N-dealkylation sites (tertiary alicyclic amines) is 1. The zero-order valence-electron chi connectivity index (χ0n) is 10.8. The Morgan fingerprint density at radius 1 is 1.44 bits per heavy atom. The molecular weight excluding hydrogens is 202 g/mol. The molecule has 1 amide bonds. The minimum absolute atomic E-state index is 0.221. The van der Waals surface area contributed by atoms with Gasteiger partial charge in [0, 0.05) is 13.6 Å². The molecule has 1 rings (SSSR count). The van der Waals surface area contributed by atoms with Gasteiger partial charge in [-0.2, -0.15) is 0 Å². The minimum Gasteiger partial charge on any atom is -0.345 e. The lowest BCUT2D eigenvalue weighted by Crippen LogP contribution is -2.46. The van der Waals surface area contributed by atoms with Crippen molar-refractivity contribution < 1.29 is 4.79 Å². The predicted octanol–water partition coefficient (Wildman–Crippen LogP) is 0.526. The number of hydrogen-bond donors (Lipinski definition) is 1. The zero-order valence-corrected chi connectivity index (χ0v) is 10.8. The van der Waals surface area contributed by atoms with Gasteiger partial charge in [-0.15, -0.1) is 0 Å². The van der Waals surface area contributed by atoms with Crippen molar-refractivity contribution in [2.45, 2.75) is 26.7 Å². The van der Waals surface area contributed by atoms with Gasteiger partial charge in [-0.05, 0) is 44.8 Å².